The Morgan fingerprint density at radius 1 is 1.24 bits per heavy atom. The Balaban J connectivity index is 2.31. The van der Waals surface area contributed by atoms with E-state index in [1.54, 1.807) is 0 Å². The van der Waals surface area contributed by atoms with Crippen LogP contribution in [-0.2, 0) is 0 Å². The summed E-state index contributed by atoms with van der Waals surface area (Å²) >= 11 is 0. The summed E-state index contributed by atoms with van der Waals surface area (Å²) in [6.45, 7) is 4.69. The number of aryl methyl sites for hydroxylation is 1. The molecule has 0 radical (unpaired) electrons. The third-order valence-corrected chi connectivity index (χ3v) is 2.43. The number of hydrogen-bond donors (Lipinski definition) is 1. The van der Waals surface area contributed by atoms with Gasteiger partial charge in [0.1, 0.15) is 17.3 Å². The van der Waals surface area contributed by atoms with Crippen LogP contribution in [0.1, 0.15) is 19.1 Å². The number of ether oxygens (including phenoxy) is 1. The second-order valence-corrected chi connectivity index (χ2v) is 4.05. The quantitative estimate of drug-likeness (QED) is 0.817. The summed E-state index contributed by atoms with van der Waals surface area (Å²) in [5.41, 5.74) is 7.48. The summed E-state index contributed by atoms with van der Waals surface area (Å²) in [4.78, 5) is 0. The Labute approximate surface area is 101 Å². The lowest BCUT2D eigenvalue weighted by Gasteiger charge is -2.07. The molecule has 1 heterocycles. The molecule has 0 amide bonds. The number of benzene rings is 1. The predicted octanol–water partition coefficient (Wildman–Crippen LogP) is 3.63. The summed E-state index contributed by atoms with van der Waals surface area (Å²) in [5.74, 6) is 2.49. The number of nitrogens with two attached hydrogens (primary N) is 1. The molecule has 0 bridgehead atoms. The Bertz CT molecular complexity index is 503. The molecule has 0 aliphatic carbocycles. The van der Waals surface area contributed by atoms with Crippen LogP contribution in [0.25, 0.3) is 11.3 Å². The highest BCUT2D eigenvalue weighted by molar-refractivity contribution is 5.65. The van der Waals surface area contributed by atoms with Crippen molar-refractivity contribution in [2.45, 2.75) is 20.3 Å². The molecule has 2 N–H and O–H groups in total. The van der Waals surface area contributed by atoms with Gasteiger partial charge in [-0.05, 0) is 37.6 Å². The first-order valence-electron chi connectivity index (χ1n) is 5.79. The molecule has 3 nitrogen and oxygen atoms in total. The SMILES string of the molecule is CCCOc1cc(N)cc(-c2ccc(C)o2)c1. The molecule has 0 fully saturated rings. The second kappa shape index (κ2) is 4.95. The average molecular weight is 231 g/mol. The van der Waals surface area contributed by atoms with Gasteiger partial charge in [-0.2, -0.15) is 0 Å². The third kappa shape index (κ3) is 2.81. The highest BCUT2D eigenvalue weighted by atomic mass is 16.5. The third-order valence-electron chi connectivity index (χ3n) is 2.43. The van der Waals surface area contributed by atoms with Crippen molar-refractivity contribution in [1.82, 2.24) is 0 Å². The number of rotatable bonds is 4. The van der Waals surface area contributed by atoms with Gasteiger partial charge in [0.25, 0.3) is 0 Å². The zero-order valence-electron chi connectivity index (χ0n) is 10.2. The lowest BCUT2D eigenvalue weighted by molar-refractivity contribution is 0.317. The first kappa shape index (κ1) is 11.6. The average Bonchev–Trinajstić information content (AvgIpc) is 2.72. The molecule has 17 heavy (non-hydrogen) atoms. The normalized spacial score (nSPS) is 10.5. The van der Waals surface area contributed by atoms with Crippen molar-refractivity contribution in [3.05, 3.63) is 36.1 Å². The molecule has 0 saturated heterocycles. The standard InChI is InChI=1S/C14H17NO2/c1-3-6-16-13-8-11(7-12(15)9-13)14-5-4-10(2)17-14/h4-5,7-9H,3,6,15H2,1-2H3. The Morgan fingerprint density at radius 3 is 2.71 bits per heavy atom. The Kier molecular flexibility index (Phi) is 3.38. The topological polar surface area (TPSA) is 48.4 Å². The molecule has 0 atom stereocenters. The summed E-state index contributed by atoms with van der Waals surface area (Å²) in [5, 5.41) is 0. The van der Waals surface area contributed by atoms with Crippen molar-refractivity contribution in [2.24, 2.45) is 0 Å². The minimum absolute atomic E-state index is 0.683. The maximum Gasteiger partial charge on any atom is 0.134 e. The van der Waals surface area contributed by atoms with Crippen LogP contribution in [0.3, 0.4) is 0 Å². The number of anilines is 1. The molecule has 2 aromatic rings. The predicted molar refractivity (Wildman–Crippen MR) is 69.1 cm³/mol. The van der Waals surface area contributed by atoms with E-state index in [0.29, 0.717) is 12.3 Å². The van der Waals surface area contributed by atoms with Crippen LogP contribution in [0.4, 0.5) is 5.69 Å². The number of hydrogen-bond acceptors (Lipinski definition) is 3. The van der Waals surface area contributed by atoms with Gasteiger partial charge in [-0.25, -0.2) is 0 Å². The molecule has 1 aromatic heterocycles. The van der Waals surface area contributed by atoms with E-state index in [0.717, 1.165) is 29.3 Å². The molecule has 1 aromatic carbocycles. The van der Waals surface area contributed by atoms with Gasteiger partial charge in [0.2, 0.25) is 0 Å². The van der Waals surface area contributed by atoms with E-state index in [2.05, 4.69) is 6.92 Å². The fourth-order valence-corrected chi connectivity index (χ4v) is 1.66. The van der Waals surface area contributed by atoms with Crippen LogP contribution in [0.15, 0.2) is 34.7 Å². The monoisotopic (exact) mass is 231 g/mol. The minimum Gasteiger partial charge on any atom is -0.494 e. The summed E-state index contributed by atoms with van der Waals surface area (Å²) in [6.07, 6.45) is 0.976. The van der Waals surface area contributed by atoms with Crippen LogP contribution in [0.2, 0.25) is 0 Å². The molecule has 0 saturated carbocycles. The second-order valence-electron chi connectivity index (χ2n) is 4.05. The van der Waals surface area contributed by atoms with Crippen molar-refractivity contribution >= 4 is 5.69 Å². The highest BCUT2D eigenvalue weighted by Gasteiger charge is 2.06. The van der Waals surface area contributed by atoms with Crippen LogP contribution in [0.5, 0.6) is 5.75 Å². The van der Waals surface area contributed by atoms with Gasteiger partial charge in [-0.15, -0.1) is 0 Å². The highest BCUT2D eigenvalue weighted by Crippen LogP contribution is 2.28. The summed E-state index contributed by atoms with van der Waals surface area (Å²) < 4.78 is 11.2. The number of furan rings is 1. The fourth-order valence-electron chi connectivity index (χ4n) is 1.66. The van der Waals surface area contributed by atoms with Gasteiger partial charge < -0.3 is 14.9 Å². The van der Waals surface area contributed by atoms with Gasteiger partial charge in [0.05, 0.1) is 6.61 Å². The zero-order chi connectivity index (χ0) is 12.3. The van der Waals surface area contributed by atoms with Gasteiger partial charge >= 0.3 is 0 Å². The number of nitrogen functional groups attached to an aromatic ring is 1. The molecule has 90 valence electrons. The molecule has 0 unspecified atom stereocenters. The maximum absolute atomic E-state index is 5.85. The van der Waals surface area contributed by atoms with Crippen molar-refractivity contribution in [3.8, 4) is 17.1 Å². The first-order chi connectivity index (χ1) is 8.19. The molecule has 0 spiro atoms. The molecular formula is C14H17NO2. The molecular weight excluding hydrogens is 214 g/mol. The lowest BCUT2D eigenvalue weighted by Crippen LogP contribution is -1.96. The van der Waals surface area contributed by atoms with Crippen LogP contribution in [0, 0.1) is 6.92 Å². The van der Waals surface area contributed by atoms with Gasteiger partial charge in [0, 0.05) is 17.3 Å². The molecule has 3 heteroatoms. The first-order valence-corrected chi connectivity index (χ1v) is 5.79. The van der Waals surface area contributed by atoms with Gasteiger partial charge in [-0.3, -0.25) is 0 Å². The minimum atomic E-state index is 0.683. The van der Waals surface area contributed by atoms with Crippen molar-refractivity contribution in [3.63, 3.8) is 0 Å². The van der Waals surface area contributed by atoms with Crippen molar-refractivity contribution < 1.29 is 9.15 Å². The van der Waals surface area contributed by atoms with E-state index in [1.807, 2.05) is 37.3 Å². The summed E-state index contributed by atoms with van der Waals surface area (Å²) in [6, 6.07) is 9.54. The zero-order valence-corrected chi connectivity index (χ0v) is 10.2. The van der Waals surface area contributed by atoms with E-state index >= 15 is 0 Å². The van der Waals surface area contributed by atoms with Gasteiger partial charge in [0.15, 0.2) is 0 Å². The smallest absolute Gasteiger partial charge is 0.134 e. The van der Waals surface area contributed by atoms with Gasteiger partial charge in [-0.1, -0.05) is 6.92 Å². The van der Waals surface area contributed by atoms with Crippen LogP contribution in [-0.4, -0.2) is 6.61 Å². The van der Waals surface area contributed by atoms with Crippen molar-refractivity contribution in [1.29, 1.82) is 0 Å². The molecule has 0 aliphatic rings. The Hall–Kier alpha value is -1.90. The van der Waals surface area contributed by atoms with E-state index in [-0.39, 0.29) is 0 Å². The largest absolute Gasteiger partial charge is 0.494 e. The van der Waals surface area contributed by atoms with Crippen molar-refractivity contribution in [2.75, 3.05) is 12.3 Å². The molecule has 0 aliphatic heterocycles. The van der Waals surface area contributed by atoms with E-state index in [4.69, 9.17) is 14.9 Å². The lowest BCUT2D eigenvalue weighted by atomic mass is 10.1. The van der Waals surface area contributed by atoms with E-state index in [9.17, 15) is 0 Å². The molecule has 2 rings (SSSR count). The van der Waals surface area contributed by atoms with Crippen LogP contribution < -0.4 is 10.5 Å². The van der Waals surface area contributed by atoms with E-state index < -0.39 is 0 Å². The maximum atomic E-state index is 5.85. The summed E-state index contributed by atoms with van der Waals surface area (Å²) in [7, 11) is 0. The van der Waals surface area contributed by atoms with E-state index in [1.165, 1.54) is 0 Å². The van der Waals surface area contributed by atoms with Crippen LogP contribution >= 0.6 is 0 Å². The Morgan fingerprint density at radius 2 is 2.06 bits per heavy atom. The fraction of sp³-hybridized carbons (Fsp3) is 0.286.